The number of non-ortho nitro benzene ring substituents is 1. The molecule has 1 heterocycles. The lowest BCUT2D eigenvalue weighted by atomic mass is 10.1. The van der Waals surface area contributed by atoms with E-state index in [0.29, 0.717) is 16.9 Å². The summed E-state index contributed by atoms with van der Waals surface area (Å²) < 4.78 is 49.5. The lowest BCUT2D eigenvalue weighted by Crippen LogP contribution is -2.25. The van der Waals surface area contributed by atoms with Gasteiger partial charge in [0.1, 0.15) is 17.3 Å². The quantitative estimate of drug-likeness (QED) is 0.302. The number of rotatable bonds is 7. The molecule has 1 N–H and O–H groups in total. The van der Waals surface area contributed by atoms with Crippen molar-refractivity contribution in [1.29, 1.82) is 0 Å². The van der Waals surface area contributed by atoms with Crippen LogP contribution in [0.25, 0.3) is 11.3 Å². The number of alkyl halides is 3. The first-order chi connectivity index (χ1) is 15.5. The third-order valence-electron chi connectivity index (χ3n) is 4.49. The maximum atomic E-state index is 12.9. The molecule has 0 aliphatic rings. The van der Waals surface area contributed by atoms with Crippen molar-refractivity contribution in [3.63, 3.8) is 0 Å². The van der Waals surface area contributed by atoms with E-state index in [1.54, 1.807) is 13.8 Å². The Balaban J connectivity index is 1.58. The number of nitro benzene ring substituents is 1. The molecule has 0 aliphatic heterocycles. The van der Waals surface area contributed by atoms with Gasteiger partial charge in [-0.1, -0.05) is 12.1 Å². The van der Waals surface area contributed by atoms with E-state index in [1.807, 2.05) is 0 Å². The number of carbonyl (C=O) groups excluding carboxylic acids is 1. The van der Waals surface area contributed by atoms with E-state index in [2.05, 4.69) is 10.5 Å². The van der Waals surface area contributed by atoms with Crippen LogP contribution in [-0.2, 0) is 11.0 Å². The first-order valence-electron chi connectivity index (χ1n) is 9.52. The Morgan fingerprint density at radius 1 is 1.18 bits per heavy atom. The number of amides is 1. The summed E-state index contributed by atoms with van der Waals surface area (Å²) in [5.41, 5.74) is 2.63. The van der Waals surface area contributed by atoms with Crippen LogP contribution >= 0.6 is 0 Å². The maximum Gasteiger partial charge on any atom is 0.416 e. The zero-order valence-electron chi connectivity index (χ0n) is 17.5. The monoisotopic (exact) mass is 461 g/mol. The molecule has 1 amide bonds. The normalized spacial score (nSPS) is 11.5. The van der Waals surface area contributed by atoms with Gasteiger partial charge in [-0.25, -0.2) is 5.43 Å². The number of nitrogens with zero attached hydrogens (tertiary/aromatic N) is 2. The highest BCUT2D eigenvalue weighted by atomic mass is 19.4. The number of hydrogen-bond donors (Lipinski definition) is 1. The van der Waals surface area contributed by atoms with Crippen molar-refractivity contribution in [2.45, 2.75) is 20.0 Å². The second-order valence-electron chi connectivity index (χ2n) is 7.03. The van der Waals surface area contributed by atoms with Crippen molar-refractivity contribution in [1.82, 2.24) is 5.43 Å². The average Bonchev–Trinajstić information content (AvgIpc) is 3.21. The summed E-state index contributed by atoms with van der Waals surface area (Å²) in [5, 5.41) is 14.6. The summed E-state index contributed by atoms with van der Waals surface area (Å²) in [6, 6.07) is 10.4. The molecule has 1 aromatic heterocycles. The number of carbonyl (C=O) groups is 1. The molecule has 33 heavy (non-hydrogen) atoms. The number of nitro groups is 1. The Labute approximate surface area is 185 Å². The molecule has 8 nitrogen and oxygen atoms in total. The molecule has 0 radical (unpaired) electrons. The minimum atomic E-state index is -4.47. The topological polar surface area (TPSA) is 107 Å². The predicted octanol–water partition coefficient (Wildman–Crippen LogP) is 5.02. The standard InChI is InChI=1S/C22H18F3N3O5/c1-13-8-17(28(30)31)9-14(2)21(13)32-12-20(29)27-26-11-18-6-7-19(33-18)15-4-3-5-16(10-15)22(23,24)25/h3-11H,12H2,1-2H3,(H,27,29)/b26-11-. The maximum absolute atomic E-state index is 12.9. The van der Waals surface area contributed by atoms with Gasteiger partial charge in [0.25, 0.3) is 11.6 Å². The minimum absolute atomic E-state index is 0.0747. The van der Waals surface area contributed by atoms with Crippen LogP contribution in [0.4, 0.5) is 18.9 Å². The number of nitrogens with one attached hydrogen (secondary N) is 1. The number of ether oxygens (including phenoxy) is 1. The fourth-order valence-corrected chi connectivity index (χ4v) is 3.02. The van der Waals surface area contributed by atoms with E-state index < -0.39 is 22.6 Å². The van der Waals surface area contributed by atoms with Crippen molar-refractivity contribution in [2.75, 3.05) is 6.61 Å². The summed E-state index contributed by atoms with van der Waals surface area (Å²) in [7, 11) is 0. The van der Waals surface area contributed by atoms with Gasteiger partial charge in [-0.3, -0.25) is 14.9 Å². The zero-order chi connectivity index (χ0) is 24.2. The fourth-order valence-electron chi connectivity index (χ4n) is 3.02. The van der Waals surface area contributed by atoms with Crippen molar-refractivity contribution in [3.05, 3.63) is 81.1 Å². The second-order valence-corrected chi connectivity index (χ2v) is 7.03. The Morgan fingerprint density at radius 2 is 1.88 bits per heavy atom. The number of aryl methyl sites for hydroxylation is 2. The fraction of sp³-hybridized carbons (Fsp3) is 0.182. The Bertz CT molecular complexity index is 1190. The number of benzene rings is 2. The van der Waals surface area contributed by atoms with E-state index in [4.69, 9.17) is 9.15 Å². The van der Waals surface area contributed by atoms with Crippen LogP contribution in [0.3, 0.4) is 0 Å². The first kappa shape index (κ1) is 23.5. The molecular formula is C22H18F3N3O5. The first-order valence-corrected chi connectivity index (χ1v) is 9.52. The van der Waals surface area contributed by atoms with Gasteiger partial charge in [-0.05, 0) is 49.2 Å². The molecule has 0 saturated heterocycles. The molecule has 0 aliphatic carbocycles. The van der Waals surface area contributed by atoms with Gasteiger partial charge >= 0.3 is 6.18 Å². The van der Waals surface area contributed by atoms with Gasteiger partial charge in [0.05, 0.1) is 16.7 Å². The second kappa shape index (κ2) is 9.55. The van der Waals surface area contributed by atoms with E-state index in [-0.39, 0.29) is 29.4 Å². The Kier molecular flexibility index (Phi) is 6.80. The van der Waals surface area contributed by atoms with E-state index in [0.717, 1.165) is 12.1 Å². The van der Waals surface area contributed by atoms with Gasteiger partial charge in [0, 0.05) is 17.7 Å². The summed E-state index contributed by atoms with van der Waals surface area (Å²) in [6.45, 7) is 2.87. The lowest BCUT2D eigenvalue weighted by Gasteiger charge is -2.11. The molecule has 172 valence electrons. The number of halogens is 3. The molecule has 0 spiro atoms. The number of hydrogen-bond acceptors (Lipinski definition) is 6. The largest absolute Gasteiger partial charge is 0.483 e. The number of hydrazone groups is 1. The van der Waals surface area contributed by atoms with Crippen LogP contribution in [0.1, 0.15) is 22.5 Å². The molecule has 0 bridgehead atoms. The van der Waals surface area contributed by atoms with Crippen LogP contribution in [0.15, 0.2) is 58.0 Å². The molecule has 3 aromatic rings. The minimum Gasteiger partial charge on any atom is -0.483 e. The zero-order valence-corrected chi connectivity index (χ0v) is 17.5. The molecule has 2 aromatic carbocycles. The average molecular weight is 461 g/mol. The molecule has 3 rings (SSSR count). The molecule has 0 atom stereocenters. The van der Waals surface area contributed by atoms with Crippen molar-refractivity contribution >= 4 is 17.8 Å². The van der Waals surface area contributed by atoms with Crippen molar-refractivity contribution in [2.24, 2.45) is 5.10 Å². The Hall–Kier alpha value is -4.15. The van der Waals surface area contributed by atoms with Crippen LogP contribution in [0, 0.1) is 24.0 Å². The summed E-state index contributed by atoms with van der Waals surface area (Å²) >= 11 is 0. The van der Waals surface area contributed by atoms with Crippen molar-refractivity contribution in [3.8, 4) is 17.1 Å². The summed E-state index contributed by atoms with van der Waals surface area (Å²) in [5.74, 6) is 0.191. The lowest BCUT2D eigenvalue weighted by molar-refractivity contribution is -0.385. The molecule has 0 fully saturated rings. The highest BCUT2D eigenvalue weighted by Gasteiger charge is 2.30. The highest BCUT2D eigenvalue weighted by Crippen LogP contribution is 2.32. The smallest absolute Gasteiger partial charge is 0.416 e. The third kappa shape index (κ3) is 5.97. The van der Waals surface area contributed by atoms with Gasteiger partial charge in [0.15, 0.2) is 6.61 Å². The number of furan rings is 1. The van der Waals surface area contributed by atoms with E-state index in [1.165, 1.54) is 42.6 Å². The third-order valence-corrected chi connectivity index (χ3v) is 4.49. The van der Waals surface area contributed by atoms with Crippen LogP contribution < -0.4 is 10.2 Å². The van der Waals surface area contributed by atoms with Gasteiger partial charge in [-0.15, -0.1) is 0 Å². The van der Waals surface area contributed by atoms with Crippen molar-refractivity contribution < 1.29 is 32.0 Å². The SMILES string of the molecule is Cc1cc([N+](=O)[O-])cc(C)c1OCC(=O)N/N=C\c1ccc(-c2cccc(C(F)(F)F)c2)o1. The highest BCUT2D eigenvalue weighted by molar-refractivity contribution is 5.81. The van der Waals surface area contributed by atoms with Gasteiger partial charge in [0.2, 0.25) is 0 Å². The van der Waals surface area contributed by atoms with Gasteiger partial charge < -0.3 is 9.15 Å². The van der Waals surface area contributed by atoms with Crippen LogP contribution in [-0.4, -0.2) is 23.7 Å². The molecule has 0 unspecified atom stereocenters. The summed E-state index contributed by atoms with van der Waals surface area (Å²) in [6.07, 6.45) is -3.28. The molecule has 11 heteroatoms. The van der Waals surface area contributed by atoms with E-state index in [9.17, 15) is 28.1 Å². The predicted molar refractivity (Wildman–Crippen MR) is 113 cm³/mol. The Morgan fingerprint density at radius 3 is 2.52 bits per heavy atom. The van der Waals surface area contributed by atoms with Crippen LogP contribution in [0.5, 0.6) is 5.75 Å². The molecular weight excluding hydrogens is 443 g/mol. The summed E-state index contributed by atoms with van der Waals surface area (Å²) in [4.78, 5) is 22.3. The van der Waals surface area contributed by atoms with Crippen LogP contribution in [0.2, 0.25) is 0 Å². The van der Waals surface area contributed by atoms with E-state index >= 15 is 0 Å². The molecule has 0 saturated carbocycles. The van der Waals surface area contributed by atoms with Gasteiger partial charge in [-0.2, -0.15) is 18.3 Å².